The van der Waals surface area contributed by atoms with Crippen LogP contribution < -0.4 is 9.47 Å². The van der Waals surface area contributed by atoms with Crippen LogP contribution in [0.3, 0.4) is 0 Å². The third kappa shape index (κ3) is 11.7. The Morgan fingerprint density at radius 2 is 1.07 bits per heavy atom. The average molecular weight is 629 g/mol. The summed E-state index contributed by atoms with van der Waals surface area (Å²) in [6.45, 7) is 11.6. The molecule has 0 fully saturated rings. The summed E-state index contributed by atoms with van der Waals surface area (Å²) in [5.41, 5.74) is 3.02. The van der Waals surface area contributed by atoms with E-state index in [0.717, 1.165) is 23.3 Å². The van der Waals surface area contributed by atoms with E-state index in [9.17, 15) is 19.2 Å². The summed E-state index contributed by atoms with van der Waals surface area (Å²) in [5, 5.41) is 0. The summed E-state index contributed by atoms with van der Waals surface area (Å²) in [7, 11) is 0. The summed E-state index contributed by atoms with van der Waals surface area (Å²) in [4.78, 5) is 49.7. The van der Waals surface area contributed by atoms with E-state index in [0.29, 0.717) is 67.1 Å². The first-order valence-corrected chi connectivity index (χ1v) is 15.1. The lowest BCUT2D eigenvalue weighted by molar-refractivity contribution is -0.138. The number of Topliss-reactive ketones (excluding diaryl/α,β-unsaturated/α-hetero) is 1. The molecule has 0 heterocycles. The Morgan fingerprint density at radius 1 is 0.630 bits per heavy atom. The van der Waals surface area contributed by atoms with E-state index in [4.69, 9.17) is 23.7 Å². The van der Waals surface area contributed by atoms with Crippen molar-refractivity contribution in [3.8, 4) is 11.5 Å². The number of unbranched alkanes of at least 4 members (excludes halogenated alkanes) is 2. The first-order valence-electron chi connectivity index (χ1n) is 15.1. The quantitative estimate of drug-likeness (QED) is 0.0462. The second kappa shape index (κ2) is 18.6. The molecule has 0 saturated carbocycles. The van der Waals surface area contributed by atoms with Gasteiger partial charge >= 0.3 is 17.9 Å². The molecule has 0 saturated heterocycles. The summed E-state index contributed by atoms with van der Waals surface area (Å²) >= 11 is 0. The zero-order valence-electron chi connectivity index (χ0n) is 26.3. The third-order valence-electron chi connectivity index (χ3n) is 6.73. The van der Waals surface area contributed by atoms with Gasteiger partial charge in [-0.05, 0) is 63.8 Å². The van der Waals surface area contributed by atoms with Crippen LogP contribution in [0.25, 0.3) is 0 Å². The summed E-state index contributed by atoms with van der Waals surface area (Å²) < 4.78 is 27.9. The number of carbonyl (C=O) groups excluding carboxylic acids is 4. The monoisotopic (exact) mass is 628 g/mol. The fourth-order valence-electron chi connectivity index (χ4n) is 4.17. The van der Waals surface area contributed by atoms with E-state index in [1.54, 1.807) is 54.6 Å². The van der Waals surface area contributed by atoms with Gasteiger partial charge in [-0.15, -0.1) is 0 Å². The highest BCUT2D eigenvalue weighted by Crippen LogP contribution is 2.32. The summed E-state index contributed by atoms with van der Waals surface area (Å²) in [6.07, 6.45) is 3.24. The molecule has 0 aromatic heterocycles. The maximum atomic E-state index is 13.9. The van der Waals surface area contributed by atoms with Crippen molar-refractivity contribution in [1.29, 1.82) is 0 Å². The van der Waals surface area contributed by atoms with E-state index in [1.165, 1.54) is 0 Å². The first-order chi connectivity index (χ1) is 22.2. The number of ether oxygens (including phenoxy) is 5. The van der Waals surface area contributed by atoms with E-state index < -0.39 is 29.8 Å². The lowest BCUT2D eigenvalue weighted by atomic mass is 9.98. The van der Waals surface area contributed by atoms with Gasteiger partial charge in [0.1, 0.15) is 11.5 Å². The molecule has 3 aromatic carbocycles. The Hall–Kier alpha value is -5.18. The zero-order chi connectivity index (χ0) is 33.3. The Labute approximate surface area is 269 Å². The van der Waals surface area contributed by atoms with Crippen molar-refractivity contribution in [3.05, 3.63) is 120 Å². The number of carbonyl (C=O) groups is 4. The number of ketones is 1. The molecule has 0 aliphatic carbocycles. The molecule has 0 aliphatic rings. The molecule has 0 amide bonds. The lowest BCUT2D eigenvalue weighted by Crippen LogP contribution is -2.21. The Bertz CT molecular complexity index is 1440. The lowest BCUT2D eigenvalue weighted by Gasteiger charge is -2.20. The van der Waals surface area contributed by atoms with E-state index in [-0.39, 0.29) is 13.2 Å². The molecule has 9 nitrogen and oxygen atoms in total. The number of benzene rings is 3. The van der Waals surface area contributed by atoms with Crippen LogP contribution in [0.1, 0.15) is 69.2 Å². The normalized spacial score (nSPS) is 11.1. The average Bonchev–Trinajstić information content (AvgIpc) is 3.06. The van der Waals surface area contributed by atoms with Crippen LogP contribution in [-0.2, 0) is 23.8 Å². The maximum Gasteiger partial charge on any atom is 0.339 e. The van der Waals surface area contributed by atoms with Crippen LogP contribution in [0.15, 0.2) is 92.0 Å². The highest BCUT2D eigenvalue weighted by atomic mass is 16.6. The molecule has 3 aromatic rings. The number of hydrogen-bond donors (Lipinski definition) is 0. The maximum absolute atomic E-state index is 13.9. The summed E-state index contributed by atoms with van der Waals surface area (Å²) in [5.74, 6) is -1.22. The van der Waals surface area contributed by atoms with Gasteiger partial charge in [-0.2, -0.15) is 0 Å². The highest BCUT2D eigenvalue weighted by Gasteiger charge is 2.28. The van der Waals surface area contributed by atoms with Crippen LogP contribution in [-0.4, -0.2) is 50.1 Å². The Morgan fingerprint density at radius 3 is 1.52 bits per heavy atom. The van der Waals surface area contributed by atoms with Gasteiger partial charge in [-0.25, -0.2) is 14.4 Å². The van der Waals surface area contributed by atoms with Crippen molar-refractivity contribution in [2.24, 2.45) is 0 Å². The zero-order valence-corrected chi connectivity index (χ0v) is 26.3. The van der Waals surface area contributed by atoms with Gasteiger partial charge in [0, 0.05) is 29.3 Å². The number of esters is 3. The van der Waals surface area contributed by atoms with Crippen molar-refractivity contribution < 1.29 is 42.9 Å². The standard InChI is InChI=1S/C37H40O9/c1-5-33(38)44-21-9-7-19-42-31-23-30(24-32(25-31)43-20-8-10-22-45-34(39)6-2)36(35(40)28-15-11-26(3)12-16-28)46-37(41)29-17-13-27(4)14-18-29/h5-6,11-18,23-25,36H,1-2,7-10,19-22H2,3-4H3. The van der Waals surface area contributed by atoms with Crippen molar-refractivity contribution in [3.63, 3.8) is 0 Å². The molecular weight excluding hydrogens is 588 g/mol. The van der Waals surface area contributed by atoms with Gasteiger partial charge in [0.15, 0.2) is 6.10 Å². The fraction of sp³-hybridized carbons (Fsp3) is 0.297. The van der Waals surface area contributed by atoms with Gasteiger partial charge in [-0.3, -0.25) is 4.79 Å². The molecule has 3 rings (SSSR count). The molecule has 0 spiro atoms. The molecule has 0 N–H and O–H groups in total. The van der Waals surface area contributed by atoms with Crippen LogP contribution in [0.4, 0.5) is 0 Å². The van der Waals surface area contributed by atoms with Crippen LogP contribution in [0.5, 0.6) is 11.5 Å². The largest absolute Gasteiger partial charge is 0.493 e. The van der Waals surface area contributed by atoms with Crippen molar-refractivity contribution in [2.45, 2.75) is 45.6 Å². The van der Waals surface area contributed by atoms with E-state index >= 15 is 0 Å². The number of hydrogen-bond acceptors (Lipinski definition) is 9. The minimum atomic E-state index is -1.29. The predicted octanol–water partition coefficient (Wildman–Crippen LogP) is 6.86. The second-order valence-corrected chi connectivity index (χ2v) is 10.5. The van der Waals surface area contributed by atoms with Gasteiger partial charge in [0.2, 0.25) is 5.78 Å². The van der Waals surface area contributed by atoms with Gasteiger partial charge < -0.3 is 23.7 Å². The van der Waals surface area contributed by atoms with Crippen molar-refractivity contribution in [1.82, 2.24) is 0 Å². The minimum absolute atomic E-state index is 0.229. The molecule has 0 aliphatic heterocycles. The van der Waals surface area contributed by atoms with Gasteiger partial charge in [0.05, 0.1) is 32.0 Å². The van der Waals surface area contributed by atoms with E-state index in [2.05, 4.69) is 13.2 Å². The molecule has 0 radical (unpaired) electrons. The molecule has 242 valence electrons. The molecular formula is C37H40O9. The molecule has 1 atom stereocenters. The third-order valence-corrected chi connectivity index (χ3v) is 6.73. The minimum Gasteiger partial charge on any atom is -0.493 e. The van der Waals surface area contributed by atoms with Crippen LogP contribution >= 0.6 is 0 Å². The van der Waals surface area contributed by atoms with Gasteiger partial charge in [0.25, 0.3) is 0 Å². The number of aryl methyl sites for hydroxylation is 2. The Kier molecular flexibility index (Phi) is 14.3. The van der Waals surface area contributed by atoms with Crippen molar-refractivity contribution in [2.75, 3.05) is 26.4 Å². The molecule has 1 unspecified atom stereocenters. The van der Waals surface area contributed by atoms with Crippen LogP contribution in [0.2, 0.25) is 0 Å². The SMILES string of the molecule is C=CC(=O)OCCCCOc1cc(OCCCCOC(=O)C=C)cc(C(OC(=O)c2ccc(C)cc2)C(=O)c2ccc(C)cc2)c1. The molecule has 46 heavy (non-hydrogen) atoms. The van der Waals surface area contributed by atoms with E-state index in [1.807, 2.05) is 26.0 Å². The summed E-state index contributed by atoms with van der Waals surface area (Å²) in [6, 6.07) is 18.9. The predicted molar refractivity (Wildman–Crippen MR) is 173 cm³/mol. The first kappa shape index (κ1) is 35.3. The molecule has 9 heteroatoms. The molecule has 0 bridgehead atoms. The fourth-order valence-corrected chi connectivity index (χ4v) is 4.17. The number of rotatable bonds is 19. The van der Waals surface area contributed by atoms with Gasteiger partial charge in [-0.1, -0.05) is 60.7 Å². The van der Waals surface area contributed by atoms with Crippen molar-refractivity contribution >= 4 is 23.7 Å². The highest BCUT2D eigenvalue weighted by molar-refractivity contribution is 6.02. The Balaban J connectivity index is 1.85. The topological polar surface area (TPSA) is 114 Å². The smallest absolute Gasteiger partial charge is 0.339 e. The second-order valence-electron chi connectivity index (χ2n) is 10.5. The van der Waals surface area contributed by atoms with Crippen LogP contribution in [0, 0.1) is 13.8 Å².